The van der Waals surface area contributed by atoms with E-state index >= 15 is 0 Å². The number of carbonyl (C=O) groups excluding carboxylic acids is 1. The summed E-state index contributed by atoms with van der Waals surface area (Å²) in [4.78, 5) is 12.5. The summed E-state index contributed by atoms with van der Waals surface area (Å²) in [7, 11) is 3.42. The molecule has 0 amide bonds. The fraction of sp³-hybridized carbons (Fsp3) is 0.176. The van der Waals surface area contributed by atoms with Crippen LogP contribution in [-0.2, 0) is 13.6 Å². The van der Waals surface area contributed by atoms with Crippen molar-refractivity contribution in [2.24, 2.45) is 7.05 Å². The monoisotopic (exact) mass is 375 g/mol. The molecular formula is C17H18BrN3O2. The largest absolute Gasteiger partial charge is 0.497 e. The van der Waals surface area contributed by atoms with Crippen LogP contribution in [0.5, 0.6) is 5.75 Å². The molecule has 23 heavy (non-hydrogen) atoms. The lowest BCUT2D eigenvalue weighted by Gasteiger charge is -2.05. The van der Waals surface area contributed by atoms with E-state index in [0.29, 0.717) is 11.2 Å². The fourth-order valence-corrected chi connectivity index (χ4v) is 2.56. The van der Waals surface area contributed by atoms with Crippen molar-refractivity contribution in [3.8, 4) is 5.75 Å². The van der Waals surface area contributed by atoms with Gasteiger partial charge in [-0.3, -0.25) is 10.2 Å². The van der Waals surface area contributed by atoms with Gasteiger partial charge in [0.15, 0.2) is 5.78 Å². The molecule has 0 aliphatic heterocycles. The first-order valence-corrected chi connectivity index (χ1v) is 6.98. The molecule has 0 spiro atoms. The van der Waals surface area contributed by atoms with E-state index < -0.39 is 0 Å². The van der Waals surface area contributed by atoms with E-state index in [9.17, 15) is 4.79 Å². The molecule has 0 bridgehead atoms. The zero-order chi connectivity index (χ0) is 15.7. The number of imidazole rings is 1. The quantitative estimate of drug-likeness (QED) is 0.712. The third kappa shape index (κ3) is 3.07. The lowest BCUT2D eigenvalue weighted by Crippen LogP contribution is -2.25. The molecule has 3 rings (SSSR count). The second-order valence-electron chi connectivity index (χ2n) is 5.11. The normalized spacial score (nSPS) is 10.3. The Morgan fingerprint density at radius 1 is 1.09 bits per heavy atom. The van der Waals surface area contributed by atoms with Crippen molar-refractivity contribution in [3.63, 3.8) is 0 Å². The van der Waals surface area contributed by atoms with Gasteiger partial charge >= 0.3 is 0 Å². The summed E-state index contributed by atoms with van der Waals surface area (Å²) in [6.45, 7) is 0.145. The summed E-state index contributed by atoms with van der Waals surface area (Å²) in [5, 5.41) is 8.20. The number of aryl methyl sites for hydroxylation is 1. The number of methoxy groups -OCH3 is 1. The Hall–Kier alpha value is -2.34. The average molecular weight is 376 g/mol. The van der Waals surface area contributed by atoms with Crippen molar-refractivity contribution in [3.05, 3.63) is 59.7 Å². The number of carbonyl (C=O) groups is 1. The zero-order valence-corrected chi connectivity index (χ0v) is 14.7. The minimum Gasteiger partial charge on any atom is -0.497 e. The molecule has 0 saturated carbocycles. The maximum absolute atomic E-state index is 12.5. The second-order valence-corrected chi connectivity index (χ2v) is 5.11. The van der Waals surface area contributed by atoms with Crippen molar-refractivity contribution < 1.29 is 9.53 Å². The minimum atomic E-state index is -0.0301. The van der Waals surface area contributed by atoms with Crippen LogP contribution in [0.1, 0.15) is 10.4 Å². The highest BCUT2D eigenvalue weighted by atomic mass is 79.9. The summed E-state index contributed by atoms with van der Waals surface area (Å²) >= 11 is 0. The van der Waals surface area contributed by atoms with Gasteiger partial charge < -0.3 is 13.9 Å². The summed E-state index contributed by atoms with van der Waals surface area (Å²) < 4.78 is 8.60. The van der Waals surface area contributed by atoms with Gasteiger partial charge in [0, 0.05) is 12.6 Å². The molecule has 6 heteroatoms. The Balaban J connectivity index is 0.00000192. The molecule has 0 unspecified atom stereocenters. The third-order valence-electron chi connectivity index (χ3n) is 3.82. The van der Waals surface area contributed by atoms with Crippen molar-refractivity contribution in [1.29, 1.82) is 5.41 Å². The van der Waals surface area contributed by atoms with E-state index in [0.717, 1.165) is 16.8 Å². The van der Waals surface area contributed by atoms with Crippen molar-refractivity contribution in [1.82, 2.24) is 9.13 Å². The Morgan fingerprint density at radius 2 is 1.70 bits per heavy atom. The van der Waals surface area contributed by atoms with Gasteiger partial charge in [0.2, 0.25) is 5.62 Å². The summed E-state index contributed by atoms with van der Waals surface area (Å²) in [5.74, 6) is 0.688. The minimum absolute atomic E-state index is 0. The van der Waals surface area contributed by atoms with Crippen LogP contribution in [-0.4, -0.2) is 22.0 Å². The average Bonchev–Trinajstić information content (AvgIpc) is 2.80. The second kappa shape index (κ2) is 6.83. The molecule has 0 aliphatic rings. The molecule has 1 heterocycles. The third-order valence-corrected chi connectivity index (χ3v) is 3.82. The van der Waals surface area contributed by atoms with Gasteiger partial charge in [-0.25, -0.2) is 0 Å². The molecule has 5 nitrogen and oxygen atoms in total. The summed E-state index contributed by atoms with van der Waals surface area (Å²) in [5.41, 5.74) is 2.75. The molecule has 1 N–H and O–H groups in total. The highest BCUT2D eigenvalue weighted by Gasteiger charge is 2.12. The van der Waals surface area contributed by atoms with E-state index in [-0.39, 0.29) is 29.3 Å². The Kier molecular flexibility index (Phi) is 5.05. The van der Waals surface area contributed by atoms with Crippen LogP contribution < -0.4 is 10.4 Å². The van der Waals surface area contributed by atoms with E-state index in [1.807, 2.05) is 31.3 Å². The number of halogens is 1. The topological polar surface area (TPSA) is 60.0 Å². The molecule has 120 valence electrons. The van der Waals surface area contributed by atoms with Gasteiger partial charge in [-0.05, 0) is 36.4 Å². The van der Waals surface area contributed by atoms with Gasteiger partial charge in [-0.15, -0.1) is 17.0 Å². The van der Waals surface area contributed by atoms with E-state index in [1.165, 1.54) is 0 Å². The van der Waals surface area contributed by atoms with E-state index in [1.54, 1.807) is 40.5 Å². The number of rotatable bonds is 4. The first kappa shape index (κ1) is 17.0. The number of fused-ring (bicyclic) bond motifs is 1. The molecular weight excluding hydrogens is 358 g/mol. The first-order chi connectivity index (χ1) is 10.6. The smallest absolute Gasteiger partial charge is 0.203 e. The highest BCUT2D eigenvalue weighted by Crippen LogP contribution is 2.15. The Labute approximate surface area is 144 Å². The Morgan fingerprint density at radius 3 is 2.30 bits per heavy atom. The van der Waals surface area contributed by atoms with Gasteiger partial charge in [0.25, 0.3) is 0 Å². The summed E-state index contributed by atoms with van der Waals surface area (Å²) in [6.07, 6.45) is 0. The van der Waals surface area contributed by atoms with Crippen LogP contribution in [0.4, 0.5) is 0 Å². The maximum atomic E-state index is 12.5. The van der Waals surface area contributed by atoms with Crippen LogP contribution in [0.3, 0.4) is 0 Å². The van der Waals surface area contributed by atoms with Gasteiger partial charge in [0.05, 0.1) is 24.7 Å². The molecule has 0 saturated heterocycles. The van der Waals surface area contributed by atoms with Crippen LogP contribution >= 0.6 is 17.0 Å². The lowest BCUT2D eigenvalue weighted by molar-refractivity contribution is 0.0971. The number of nitrogens with zero attached hydrogens (tertiary/aromatic N) is 2. The van der Waals surface area contributed by atoms with Crippen LogP contribution in [0.2, 0.25) is 0 Å². The molecule has 0 fully saturated rings. The van der Waals surface area contributed by atoms with E-state index in [2.05, 4.69) is 0 Å². The number of ketones is 1. The number of para-hydroxylation sites is 2. The molecule has 1 aromatic heterocycles. The zero-order valence-electron chi connectivity index (χ0n) is 12.9. The van der Waals surface area contributed by atoms with Crippen LogP contribution in [0, 0.1) is 5.41 Å². The lowest BCUT2D eigenvalue weighted by atomic mass is 10.1. The number of hydrogen-bond donors (Lipinski definition) is 1. The number of hydrogen-bond acceptors (Lipinski definition) is 3. The molecule has 0 atom stereocenters. The van der Waals surface area contributed by atoms with E-state index in [4.69, 9.17) is 10.1 Å². The van der Waals surface area contributed by atoms with Gasteiger partial charge in [-0.1, -0.05) is 12.1 Å². The van der Waals surface area contributed by atoms with Crippen molar-refractivity contribution >= 4 is 33.8 Å². The van der Waals surface area contributed by atoms with Crippen LogP contribution in [0.15, 0.2) is 48.5 Å². The summed E-state index contributed by atoms with van der Waals surface area (Å²) in [6, 6.07) is 14.7. The number of Topliss-reactive ketones (excluding diaryl/α,β-unsaturated/α-hetero) is 1. The molecule has 3 aromatic rings. The predicted octanol–water partition coefficient (Wildman–Crippen LogP) is 2.93. The number of ether oxygens (including phenoxy) is 1. The number of benzene rings is 2. The van der Waals surface area contributed by atoms with Crippen molar-refractivity contribution in [2.75, 3.05) is 7.11 Å². The molecule has 0 radical (unpaired) electrons. The van der Waals surface area contributed by atoms with Crippen molar-refractivity contribution in [2.45, 2.75) is 6.54 Å². The molecule has 2 aromatic carbocycles. The SMILES string of the molecule is Br.COc1ccc(C(=O)Cn2c(=N)n(C)c3ccccc32)cc1. The number of nitrogens with one attached hydrogen (secondary N) is 1. The fourth-order valence-electron chi connectivity index (χ4n) is 2.56. The highest BCUT2D eigenvalue weighted by molar-refractivity contribution is 8.93. The van der Waals surface area contributed by atoms with Gasteiger partial charge in [-0.2, -0.15) is 0 Å². The molecule has 0 aliphatic carbocycles. The standard InChI is InChI=1S/C17H17N3O2.BrH/c1-19-14-5-3-4-6-15(14)20(17(19)18)11-16(21)12-7-9-13(22-2)10-8-12;/h3-10,18H,11H2,1-2H3;1H. The Bertz CT molecular complexity index is 894. The maximum Gasteiger partial charge on any atom is 0.203 e. The predicted molar refractivity (Wildman–Crippen MR) is 94.4 cm³/mol. The first-order valence-electron chi connectivity index (χ1n) is 6.98. The van der Waals surface area contributed by atoms with Crippen LogP contribution in [0.25, 0.3) is 11.0 Å². The number of aromatic nitrogens is 2. The van der Waals surface area contributed by atoms with Gasteiger partial charge in [0.1, 0.15) is 5.75 Å².